The Morgan fingerprint density at radius 2 is 2.00 bits per heavy atom. The van der Waals surface area contributed by atoms with Gasteiger partial charge in [-0.15, -0.1) is 0 Å². The van der Waals surface area contributed by atoms with Crippen molar-refractivity contribution in [1.29, 1.82) is 0 Å². The van der Waals surface area contributed by atoms with Gasteiger partial charge in [-0.1, -0.05) is 53.5 Å². The standard InChI is InChI=1S/C15H15BCl2N2O4/c17-11-7-12(18)15(19-8-11)24-9-14(21)20-13(16(22)23)6-10-4-2-1-3-5-10/h1-5,7-8,13,22-23H,6,9H2,(H,20,21). The molecule has 0 fully saturated rings. The number of rotatable bonds is 7. The zero-order valence-electron chi connectivity index (χ0n) is 12.5. The zero-order valence-corrected chi connectivity index (χ0v) is 14.0. The molecule has 1 amide bonds. The highest BCUT2D eigenvalue weighted by molar-refractivity contribution is 6.43. The molecule has 1 atom stereocenters. The molecule has 6 nitrogen and oxygen atoms in total. The molecule has 9 heteroatoms. The van der Waals surface area contributed by atoms with Gasteiger partial charge in [0.1, 0.15) is 5.02 Å². The molecule has 2 rings (SSSR count). The van der Waals surface area contributed by atoms with Gasteiger partial charge in [0, 0.05) is 6.20 Å². The third-order valence-electron chi connectivity index (χ3n) is 3.12. The molecule has 0 bridgehead atoms. The molecule has 0 aliphatic rings. The SMILES string of the molecule is O=C(COc1ncc(Cl)cc1Cl)NC(Cc1ccccc1)B(O)O. The molecule has 1 aromatic heterocycles. The molecule has 1 unspecified atom stereocenters. The summed E-state index contributed by atoms with van der Waals surface area (Å²) in [5.74, 6) is -1.32. The van der Waals surface area contributed by atoms with Crippen LogP contribution in [0.5, 0.6) is 5.88 Å². The van der Waals surface area contributed by atoms with Crippen molar-refractivity contribution >= 4 is 36.2 Å². The number of hydrogen-bond acceptors (Lipinski definition) is 5. The largest absolute Gasteiger partial charge is 0.475 e. The Morgan fingerprint density at radius 1 is 1.29 bits per heavy atom. The highest BCUT2D eigenvalue weighted by Gasteiger charge is 2.25. The minimum atomic E-state index is -1.70. The predicted octanol–water partition coefficient (Wildman–Crippen LogP) is 1.51. The first kappa shape index (κ1) is 18.5. The molecule has 0 saturated carbocycles. The third kappa shape index (κ3) is 5.69. The maximum atomic E-state index is 11.9. The smallest absolute Gasteiger partial charge is 0.467 e. The molecule has 126 valence electrons. The molecule has 0 aliphatic carbocycles. The number of nitrogens with zero attached hydrogens (tertiary/aromatic N) is 1. The summed E-state index contributed by atoms with van der Waals surface area (Å²) in [7, 11) is -1.70. The maximum absolute atomic E-state index is 11.9. The predicted molar refractivity (Wildman–Crippen MR) is 92.0 cm³/mol. The first-order valence-electron chi connectivity index (χ1n) is 7.09. The lowest BCUT2D eigenvalue weighted by Gasteiger charge is -2.18. The van der Waals surface area contributed by atoms with Gasteiger partial charge in [0.05, 0.1) is 11.0 Å². The maximum Gasteiger partial charge on any atom is 0.475 e. The van der Waals surface area contributed by atoms with Crippen molar-refractivity contribution in [3.05, 3.63) is 58.2 Å². The van der Waals surface area contributed by atoms with E-state index in [1.165, 1.54) is 12.3 Å². The fraction of sp³-hybridized carbons (Fsp3) is 0.200. The van der Waals surface area contributed by atoms with Gasteiger partial charge >= 0.3 is 7.12 Å². The van der Waals surface area contributed by atoms with Crippen LogP contribution in [0, 0.1) is 0 Å². The van der Waals surface area contributed by atoms with Crippen molar-refractivity contribution in [2.24, 2.45) is 0 Å². The number of amides is 1. The van der Waals surface area contributed by atoms with E-state index in [1.54, 1.807) is 0 Å². The van der Waals surface area contributed by atoms with Crippen molar-refractivity contribution in [3.63, 3.8) is 0 Å². The summed E-state index contributed by atoms with van der Waals surface area (Å²) in [6, 6.07) is 10.6. The van der Waals surface area contributed by atoms with Gasteiger partial charge < -0.3 is 20.1 Å². The second-order valence-electron chi connectivity index (χ2n) is 5.01. The van der Waals surface area contributed by atoms with E-state index < -0.39 is 19.0 Å². The molecular weight excluding hydrogens is 354 g/mol. The second-order valence-corrected chi connectivity index (χ2v) is 5.85. The fourth-order valence-corrected chi connectivity index (χ4v) is 2.42. The van der Waals surface area contributed by atoms with Gasteiger partial charge in [0.25, 0.3) is 5.91 Å². The van der Waals surface area contributed by atoms with E-state index in [1.807, 2.05) is 30.3 Å². The van der Waals surface area contributed by atoms with E-state index in [0.29, 0.717) is 5.02 Å². The summed E-state index contributed by atoms with van der Waals surface area (Å²) in [6.45, 7) is -0.369. The number of hydrogen-bond donors (Lipinski definition) is 3. The van der Waals surface area contributed by atoms with Gasteiger partial charge in [-0.25, -0.2) is 4.98 Å². The number of pyridine rings is 1. The van der Waals surface area contributed by atoms with E-state index in [-0.39, 0.29) is 23.9 Å². The summed E-state index contributed by atoms with van der Waals surface area (Å²) in [6.07, 6.45) is 1.61. The van der Waals surface area contributed by atoms with Crippen molar-refractivity contribution in [1.82, 2.24) is 10.3 Å². The second kappa shape index (κ2) is 8.89. The summed E-state index contributed by atoms with van der Waals surface area (Å²) < 4.78 is 5.21. The summed E-state index contributed by atoms with van der Waals surface area (Å²) in [5, 5.41) is 21.9. The number of carbonyl (C=O) groups excluding carboxylic acids is 1. The number of halogens is 2. The van der Waals surface area contributed by atoms with Crippen LogP contribution in [0.15, 0.2) is 42.6 Å². The normalized spacial score (nSPS) is 11.7. The quantitative estimate of drug-likeness (QED) is 0.644. The average molecular weight is 369 g/mol. The Bertz CT molecular complexity index is 688. The Balaban J connectivity index is 1.91. The van der Waals surface area contributed by atoms with Gasteiger partial charge in [-0.3, -0.25) is 4.79 Å². The summed E-state index contributed by atoms with van der Waals surface area (Å²) in [4.78, 5) is 15.8. The molecule has 0 radical (unpaired) electrons. The van der Waals surface area contributed by atoms with Crippen molar-refractivity contribution < 1.29 is 19.6 Å². The van der Waals surface area contributed by atoms with E-state index in [2.05, 4.69) is 10.3 Å². The first-order valence-corrected chi connectivity index (χ1v) is 7.84. The summed E-state index contributed by atoms with van der Waals surface area (Å²) in [5.41, 5.74) is 0.860. The molecule has 2 aromatic rings. The van der Waals surface area contributed by atoms with Crippen molar-refractivity contribution in [3.8, 4) is 5.88 Å². The first-order chi connectivity index (χ1) is 11.5. The van der Waals surface area contributed by atoms with Crippen LogP contribution in [-0.4, -0.2) is 40.6 Å². The highest BCUT2D eigenvalue weighted by Crippen LogP contribution is 2.24. The third-order valence-corrected chi connectivity index (χ3v) is 3.60. The average Bonchev–Trinajstić information content (AvgIpc) is 2.54. The monoisotopic (exact) mass is 368 g/mol. The van der Waals surface area contributed by atoms with E-state index in [0.717, 1.165) is 5.56 Å². The van der Waals surface area contributed by atoms with Crippen LogP contribution >= 0.6 is 23.2 Å². The molecule has 0 saturated heterocycles. The summed E-state index contributed by atoms with van der Waals surface area (Å²) >= 11 is 11.6. The van der Waals surface area contributed by atoms with Gasteiger partial charge in [0.15, 0.2) is 6.61 Å². The van der Waals surface area contributed by atoms with Crippen LogP contribution in [0.1, 0.15) is 5.56 Å². The molecular formula is C15H15BCl2N2O4. The van der Waals surface area contributed by atoms with Crippen molar-refractivity contribution in [2.75, 3.05) is 6.61 Å². The Morgan fingerprint density at radius 3 is 2.62 bits per heavy atom. The van der Waals surface area contributed by atoms with E-state index in [9.17, 15) is 14.8 Å². The molecule has 3 N–H and O–H groups in total. The lowest BCUT2D eigenvalue weighted by atomic mass is 9.76. The van der Waals surface area contributed by atoms with Gasteiger partial charge in [-0.2, -0.15) is 0 Å². The number of carbonyl (C=O) groups is 1. The minimum Gasteiger partial charge on any atom is -0.467 e. The van der Waals surface area contributed by atoms with Crippen LogP contribution < -0.4 is 10.1 Å². The molecule has 24 heavy (non-hydrogen) atoms. The number of aromatic nitrogens is 1. The molecule has 1 aromatic carbocycles. The molecule has 1 heterocycles. The Kier molecular flexibility index (Phi) is 6.87. The number of benzene rings is 1. The van der Waals surface area contributed by atoms with Crippen molar-refractivity contribution in [2.45, 2.75) is 12.4 Å². The van der Waals surface area contributed by atoms with Crippen LogP contribution in [-0.2, 0) is 11.2 Å². The Labute approximate surface area is 149 Å². The highest BCUT2D eigenvalue weighted by atomic mass is 35.5. The number of ether oxygens (including phenoxy) is 1. The molecule has 0 aliphatic heterocycles. The lowest BCUT2D eigenvalue weighted by Crippen LogP contribution is -2.49. The van der Waals surface area contributed by atoms with E-state index in [4.69, 9.17) is 27.9 Å². The lowest BCUT2D eigenvalue weighted by molar-refractivity contribution is -0.123. The topological polar surface area (TPSA) is 91.7 Å². The minimum absolute atomic E-state index is 0.0698. The van der Waals surface area contributed by atoms with Crippen LogP contribution in [0.3, 0.4) is 0 Å². The van der Waals surface area contributed by atoms with Crippen LogP contribution in [0.25, 0.3) is 0 Å². The van der Waals surface area contributed by atoms with Gasteiger partial charge in [-0.05, 0) is 18.1 Å². The Hall–Kier alpha value is -1.80. The number of nitrogens with one attached hydrogen (secondary N) is 1. The van der Waals surface area contributed by atoms with E-state index >= 15 is 0 Å². The van der Waals surface area contributed by atoms with Crippen LogP contribution in [0.2, 0.25) is 10.0 Å². The fourth-order valence-electron chi connectivity index (χ4n) is 1.99. The van der Waals surface area contributed by atoms with Gasteiger partial charge in [0.2, 0.25) is 5.88 Å². The van der Waals surface area contributed by atoms with Crippen LogP contribution in [0.4, 0.5) is 0 Å². The molecule has 0 spiro atoms. The zero-order chi connectivity index (χ0) is 17.5.